The topological polar surface area (TPSA) is 26.3 Å². The lowest BCUT2D eigenvalue weighted by atomic mass is 10.1. The smallest absolute Gasteiger partial charge is 0.456 e. The number of ketones is 1. The predicted molar refractivity (Wildman–Crippen MR) is 55.6 cm³/mol. The summed E-state index contributed by atoms with van der Waals surface area (Å²) in [5.74, 6) is -5.07. The van der Waals surface area contributed by atoms with Crippen molar-refractivity contribution in [2.45, 2.75) is 24.9 Å². The summed E-state index contributed by atoms with van der Waals surface area (Å²) in [5, 5.41) is 0. The molecule has 1 aliphatic rings. The average Bonchev–Trinajstić information content (AvgIpc) is 2.67. The second kappa shape index (κ2) is 4.47. The van der Waals surface area contributed by atoms with Gasteiger partial charge in [-0.05, 0) is 30.2 Å². The first kappa shape index (κ1) is 13.8. The van der Waals surface area contributed by atoms with Crippen LogP contribution in [-0.2, 0) is 6.42 Å². The number of hydrogen-bond donors (Lipinski definition) is 0. The molecule has 104 valence electrons. The Hall–Kier alpha value is -1.66. The van der Waals surface area contributed by atoms with Crippen LogP contribution in [-0.4, -0.2) is 24.5 Å². The second-order valence-corrected chi connectivity index (χ2v) is 4.23. The number of halogens is 5. The Labute approximate surface area is 105 Å². The van der Waals surface area contributed by atoms with Gasteiger partial charge in [-0.25, -0.2) is 0 Å². The zero-order valence-corrected chi connectivity index (χ0v) is 9.56. The zero-order chi connectivity index (χ0) is 14.3. The lowest BCUT2D eigenvalue weighted by molar-refractivity contribution is -0.290. The van der Waals surface area contributed by atoms with Crippen LogP contribution in [0, 0.1) is 0 Å². The minimum absolute atomic E-state index is 0.0674. The van der Waals surface area contributed by atoms with Crippen molar-refractivity contribution in [3.05, 3.63) is 29.3 Å². The maximum absolute atomic E-state index is 12.6. The molecule has 1 aromatic rings. The highest BCUT2D eigenvalue weighted by Crippen LogP contribution is 2.36. The predicted octanol–water partition coefficient (Wildman–Crippen LogP) is 3.39. The maximum Gasteiger partial charge on any atom is 0.456 e. The molecule has 0 aliphatic heterocycles. The van der Waals surface area contributed by atoms with Gasteiger partial charge in [-0.3, -0.25) is 4.79 Å². The van der Waals surface area contributed by atoms with E-state index in [4.69, 9.17) is 0 Å². The molecule has 0 atom stereocenters. The summed E-state index contributed by atoms with van der Waals surface area (Å²) in [4.78, 5) is 11.3. The molecule has 0 saturated carbocycles. The minimum atomic E-state index is -5.64. The monoisotopic (exact) mass is 280 g/mol. The number of aryl methyl sites for hydroxylation is 1. The summed E-state index contributed by atoms with van der Waals surface area (Å²) < 4.78 is 65.6. The Morgan fingerprint density at radius 2 is 1.79 bits per heavy atom. The van der Waals surface area contributed by atoms with Gasteiger partial charge in [-0.1, -0.05) is 0 Å². The Morgan fingerprint density at radius 1 is 1.11 bits per heavy atom. The van der Waals surface area contributed by atoms with Crippen molar-refractivity contribution in [2.75, 3.05) is 6.61 Å². The van der Waals surface area contributed by atoms with Gasteiger partial charge in [0.1, 0.15) is 5.75 Å². The summed E-state index contributed by atoms with van der Waals surface area (Å²) in [6, 6.07) is 3.92. The van der Waals surface area contributed by atoms with Gasteiger partial charge >= 0.3 is 12.1 Å². The standard InChI is InChI=1S/C12H9F5O2/c13-11(14,12(15,16)17)6-19-8-2-3-9-7(5-8)1-4-10(9)18/h2-3,5H,1,4,6H2. The molecule has 0 unspecified atom stereocenters. The Bertz CT molecular complexity index is 507. The molecule has 2 rings (SSSR count). The maximum atomic E-state index is 12.6. The van der Waals surface area contributed by atoms with Gasteiger partial charge in [0.25, 0.3) is 0 Å². The van der Waals surface area contributed by atoms with Crippen LogP contribution in [0.1, 0.15) is 22.3 Å². The number of benzene rings is 1. The molecule has 0 fully saturated rings. The number of carbonyl (C=O) groups excluding carboxylic acids is 1. The Balaban J connectivity index is 2.08. The number of alkyl halides is 5. The molecule has 1 aliphatic carbocycles. The number of fused-ring (bicyclic) bond motifs is 1. The molecule has 0 bridgehead atoms. The van der Waals surface area contributed by atoms with Crippen molar-refractivity contribution in [3.63, 3.8) is 0 Å². The van der Waals surface area contributed by atoms with Gasteiger partial charge in [0.2, 0.25) is 0 Å². The van der Waals surface area contributed by atoms with E-state index in [2.05, 4.69) is 4.74 Å². The summed E-state index contributed by atoms with van der Waals surface area (Å²) in [6.07, 6.45) is -4.88. The SMILES string of the molecule is O=C1CCc2cc(OCC(F)(F)C(F)(F)F)ccc21. The molecule has 0 N–H and O–H groups in total. The van der Waals surface area contributed by atoms with Gasteiger partial charge in [0.15, 0.2) is 12.4 Å². The van der Waals surface area contributed by atoms with Gasteiger partial charge in [0.05, 0.1) is 0 Å². The van der Waals surface area contributed by atoms with Crippen molar-refractivity contribution < 1.29 is 31.5 Å². The fourth-order valence-corrected chi connectivity index (χ4v) is 1.78. The van der Waals surface area contributed by atoms with Crippen molar-refractivity contribution in [1.82, 2.24) is 0 Å². The van der Waals surface area contributed by atoms with E-state index in [9.17, 15) is 26.7 Å². The molecule has 0 spiro atoms. The lowest BCUT2D eigenvalue weighted by Gasteiger charge is -2.19. The molecule has 0 amide bonds. The highest BCUT2D eigenvalue weighted by atomic mass is 19.4. The lowest BCUT2D eigenvalue weighted by Crippen LogP contribution is -2.41. The quantitative estimate of drug-likeness (QED) is 0.793. The van der Waals surface area contributed by atoms with Crippen LogP contribution in [0.25, 0.3) is 0 Å². The normalized spacial score (nSPS) is 15.5. The average molecular weight is 280 g/mol. The molecular weight excluding hydrogens is 271 g/mol. The van der Waals surface area contributed by atoms with E-state index in [0.717, 1.165) is 0 Å². The van der Waals surface area contributed by atoms with Crippen molar-refractivity contribution in [3.8, 4) is 5.75 Å². The van der Waals surface area contributed by atoms with Gasteiger partial charge < -0.3 is 4.74 Å². The fraction of sp³-hybridized carbons (Fsp3) is 0.417. The van der Waals surface area contributed by atoms with Crippen molar-refractivity contribution in [2.24, 2.45) is 0 Å². The van der Waals surface area contributed by atoms with Crippen LogP contribution in [0.15, 0.2) is 18.2 Å². The van der Waals surface area contributed by atoms with Crippen LogP contribution in [0.4, 0.5) is 22.0 Å². The van der Waals surface area contributed by atoms with Gasteiger partial charge in [-0.2, -0.15) is 22.0 Å². The van der Waals surface area contributed by atoms with E-state index >= 15 is 0 Å². The first-order valence-electron chi connectivity index (χ1n) is 5.44. The second-order valence-electron chi connectivity index (χ2n) is 4.23. The first-order chi connectivity index (χ1) is 8.71. The van der Waals surface area contributed by atoms with E-state index in [1.807, 2.05) is 0 Å². The molecule has 0 aromatic heterocycles. The Morgan fingerprint density at radius 3 is 2.42 bits per heavy atom. The number of hydrogen-bond acceptors (Lipinski definition) is 2. The molecular formula is C12H9F5O2. The summed E-state index contributed by atoms with van der Waals surface area (Å²) in [5.41, 5.74) is 1.08. The summed E-state index contributed by atoms with van der Waals surface area (Å²) in [6.45, 7) is -1.77. The van der Waals surface area contributed by atoms with E-state index in [0.29, 0.717) is 24.0 Å². The third-order valence-electron chi connectivity index (χ3n) is 2.83. The number of Topliss-reactive ketones (excluding diaryl/α,β-unsaturated/α-hetero) is 1. The van der Waals surface area contributed by atoms with E-state index in [1.54, 1.807) is 0 Å². The molecule has 7 heteroatoms. The number of ether oxygens (including phenoxy) is 1. The molecule has 0 heterocycles. The van der Waals surface area contributed by atoms with E-state index in [-0.39, 0.29) is 11.5 Å². The van der Waals surface area contributed by atoms with Crippen LogP contribution in [0.5, 0.6) is 5.75 Å². The first-order valence-corrected chi connectivity index (χ1v) is 5.44. The largest absolute Gasteiger partial charge is 0.487 e. The van der Waals surface area contributed by atoms with Crippen LogP contribution < -0.4 is 4.74 Å². The van der Waals surface area contributed by atoms with Gasteiger partial charge in [-0.15, -0.1) is 0 Å². The molecule has 0 saturated heterocycles. The highest BCUT2D eigenvalue weighted by Gasteiger charge is 2.58. The van der Waals surface area contributed by atoms with Gasteiger partial charge in [0, 0.05) is 12.0 Å². The third-order valence-corrected chi connectivity index (χ3v) is 2.83. The van der Waals surface area contributed by atoms with Crippen molar-refractivity contribution in [1.29, 1.82) is 0 Å². The van der Waals surface area contributed by atoms with Crippen molar-refractivity contribution >= 4 is 5.78 Å². The van der Waals surface area contributed by atoms with Crippen LogP contribution >= 0.6 is 0 Å². The summed E-state index contributed by atoms with van der Waals surface area (Å²) in [7, 11) is 0. The fourth-order valence-electron chi connectivity index (χ4n) is 1.78. The molecule has 2 nitrogen and oxygen atoms in total. The van der Waals surface area contributed by atoms with E-state index in [1.165, 1.54) is 18.2 Å². The summed E-state index contributed by atoms with van der Waals surface area (Å²) >= 11 is 0. The van der Waals surface area contributed by atoms with Crippen LogP contribution in [0.2, 0.25) is 0 Å². The molecule has 1 aromatic carbocycles. The molecule has 0 radical (unpaired) electrons. The molecule has 19 heavy (non-hydrogen) atoms. The van der Waals surface area contributed by atoms with E-state index < -0.39 is 18.7 Å². The number of carbonyl (C=O) groups is 1. The minimum Gasteiger partial charge on any atom is -0.487 e. The Kier molecular flexibility index (Phi) is 3.24. The zero-order valence-electron chi connectivity index (χ0n) is 9.56. The van der Waals surface area contributed by atoms with Crippen LogP contribution in [0.3, 0.4) is 0 Å². The third kappa shape index (κ3) is 2.69. The number of rotatable bonds is 3. The highest BCUT2D eigenvalue weighted by molar-refractivity contribution is 6.00.